The van der Waals surface area contributed by atoms with Gasteiger partial charge in [-0.3, -0.25) is 4.98 Å². The lowest BCUT2D eigenvalue weighted by Gasteiger charge is -2.35. The van der Waals surface area contributed by atoms with Gasteiger partial charge in [-0.2, -0.15) is 5.26 Å². The molecule has 4 rings (SSSR count). The van der Waals surface area contributed by atoms with Crippen molar-refractivity contribution in [2.45, 2.75) is 25.7 Å². The summed E-state index contributed by atoms with van der Waals surface area (Å²) in [5.74, 6) is 7.41. The molecule has 1 saturated heterocycles. The second kappa shape index (κ2) is 8.16. The van der Waals surface area contributed by atoms with Crippen molar-refractivity contribution in [3.8, 4) is 29.0 Å². The third kappa shape index (κ3) is 3.70. The van der Waals surface area contributed by atoms with Gasteiger partial charge in [0.25, 0.3) is 0 Å². The van der Waals surface area contributed by atoms with Crippen molar-refractivity contribution in [3.05, 3.63) is 59.9 Å². The van der Waals surface area contributed by atoms with Gasteiger partial charge in [0.15, 0.2) is 0 Å². The molecule has 0 N–H and O–H groups in total. The van der Waals surface area contributed by atoms with Crippen LogP contribution in [0.3, 0.4) is 0 Å². The van der Waals surface area contributed by atoms with Crippen molar-refractivity contribution in [3.63, 3.8) is 0 Å². The normalized spacial score (nSPS) is 14.2. The Hall–Kier alpha value is -3.64. The molecule has 3 aromatic rings. The number of aryl methyl sites for hydroxylation is 1. The molecule has 1 aliphatic heterocycles. The monoisotopic (exact) mass is 382 g/mol. The average molecular weight is 382 g/mol. The molecule has 0 aliphatic carbocycles. The molecule has 0 unspecified atom stereocenters. The Morgan fingerprint density at radius 1 is 1.17 bits per heavy atom. The van der Waals surface area contributed by atoms with E-state index in [2.05, 4.69) is 44.1 Å². The van der Waals surface area contributed by atoms with Crippen LogP contribution in [-0.4, -0.2) is 32.8 Å². The molecule has 0 spiro atoms. The summed E-state index contributed by atoms with van der Waals surface area (Å²) in [6, 6.07) is 10.3. The molecule has 1 aromatic carbocycles. The molecular weight excluding hydrogens is 360 g/mol. The Bertz CT molecular complexity index is 1120. The third-order valence-electron chi connectivity index (χ3n) is 5.40. The number of pyridine rings is 1. The van der Waals surface area contributed by atoms with Crippen molar-refractivity contribution < 1.29 is 0 Å². The molecule has 1 fully saturated rings. The average Bonchev–Trinajstić information content (AvgIpc) is 3.19. The summed E-state index contributed by atoms with van der Waals surface area (Å²) in [4.78, 5) is 6.67. The van der Waals surface area contributed by atoms with Crippen molar-refractivity contribution >= 4 is 5.69 Å². The molecule has 0 amide bonds. The lowest BCUT2D eigenvalue weighted by molar-refractivity contribution is 0.474. The predicted molar refractivity (Wildman–Crippen MR) is 112 cm³/mol. The highest BCUT2D eigenvalue weighted by Gasteiger charge is 2.26. The second-order valence-corrected chi connectivity index (χ2v) is 7.21. The molecule has 0 radical (unpaired) electrons. The van der Waals surface area contributed by atoms with E-state index in [0.717, 1.165) is 54.1 Å². The van der Waals surface area contributed by atoms with Crippen LogP contribution in [0.1, 0.15) is 42.6 Å². The minimum Gasteiger partial charge on any atom is -0.370 e. The van der Waals surface area contributed by atoms with Gasteiger partial charge in [-0.1, -0.05) is 18.1 Å². The number of rotatable bonds is 3. The molecule has 144 valence electrons. The van der Waals surface area contributed by atoms with Gasteiger partial charge < -0.3 is 9.47 Å². The maximum atomic E-state index is 9.76. The largest absolute Gasteiger partial charge is 0.370 e. The first-order chi connectivity index (χ1) is 14.2. The van der Waals surface area contributed by atoms with Gasteiger partial charge >= 0.3 is 0 Å². The Morgan fingerprint density at radius 3 is 2.69 bits per heavy atom. The van der Waals surface area contributed by atoms with E-state index in [1.807, 2.05) is 42.9 Å². The van der Waals surface area contributed by atoms with Crippen LogP contribution in [0.2, 0.25) is 0 Å². The van der Waals surface area contributed by atoms with Crippen molar-refractivity contribution in [2.24, 2.45) is 7.05 Å². The fourth-order valence-corrected chi connectivity index (χ4v) is 4.03. The fourth-order valence-electron chi connectivity index (χ4n) is 4.03. The van der Waals surface area contributed by atoms with E-state index in [4.69, 9.17) is 0 Å². The number of para-hydroxylation sites is 1. The maximum Gasteiger partial charge on any atom is 0.135 e. The number of aromatic nitrogens is 4. The molecule has 6 heteroatoms. The highest BCUT2D eigenvalue weighted by Crippen LogP contribution is 2.37. The van der Waals surface area contributed by atoms with Gasteiger partial charge in [-0.15, -0.1) is 16.1 Å². The second-order valence-electron chi connectivity index (χ2n) is 7.21. The zero-order valence-electron chi connectivity index (χ0n) is 16.6. The van der Waals surface area contributed by atoms with Gasteiger partial charge in [-0.05, 0) is 31.9 Å². The van der Waals surface area contributed by atoms with E-state index in [0.29, 0.717) is 11.5 Å². The van der Waals surface area contributed by atoms with Gasteiger partial charge in [0.05, 0.1) is 11.3 Å². The minimum atomic E-state index is 0.390. The quantitative estimate of drug-likeness (QED) is 0.649. The number of hydrogen-bond acceptors (Lipinski definition) is 5. The first-order valence-electron chi connectivity index (χ1n) is 9.71. The molecule has 0 bridgehead atoms. The van der Waals surface area contributed by atoms with Crippen LogP contribution in [-0.2, 0) is 7.05 Å². The van der Waals surface area contributed by atoms with Crippen LogP contribution in [0.4, 0.5) is 5.69 Å². The highest BCUT2D eigenvalue weighted by molar-refractivity contribution is 5.83. The summed E-state index contributed by atoms with van der Waals surface area (Å²) in [6.07, 6.45) is 7.31. The molecule has 6 nitrogen and oxygen atoms in total. The van der Waals surface area contributed by atoms with Crippen molar-refractivity contribution in [1.29, 1.82) is 5.26 Å². The lowest BCUT2D eigenvalue weighted by atomic mass is 9.93. The van der Waals surface area contributed by atoms with Crippen LogP contribution in [0, 0.1) is 23.2 Å². The molecule has 3 heterocycles. The zero-order chi connectivity index (χ0) is 20.2. The molecular formula is C23H22N6. The number of benzene rings is 1. The standard InChI is InChI=1S/C23H22N6/c1-3-5-17-12-20(15-25-14-17)21-7-4-6-19(13-24)22(21)29-10-8-18(9-11-29)23-27-26-16-28(23)2/h4,6-7,12,14-16,18H,8-11H2,1-2H3. The Labute approximate surface area is 170 Å². The summed E-state index contributed by atoms with van der Waals surface area (Å²) in [5.41, 5.74) is 4.54. The van der Waals surface area contributed by atoms with E-state index in [-0.39, 0.29) is 0 Å². The Kier molecular flexibility index (Phi) is 5.27. The van der Waals surface area contributed by atoms with E-state index < -0.39 is 0 Å². The summed E-state index contributed by atoms with van der Waals surface area (Å²) in [7, 11) is 1.99. The number of nitrogens with zero attached hydrogens (tertiary/aromatic N) is 6. The first kappa shape index (κ1) is 18.7. The number of piperidine rings is 1. The SMILES string of the molecule is CC#Cc1cncc(-c2cccc(C#N)c2N2CCC(c3nncn3C)CC2)c1. The summed E-state index contributed by atoms with van der Waals surface area (Å²) < 4.78 is 2.00. The Balaban J connectivity index is 1.67. The summed E-state index contributed by atoms with van der Waals surface area (Å²) in [5, 5.41) is 18.1. The molecule has 1 aliphatic rings. The molecule has 0 atom stereocenters. The molecule has 29 heavy (non-hydrogen) atoms. The van der Waals surface area contributed by atoms with E-state index in [1.54, 1.807) is 12.5 Å². The van der Waals surface area contributed by atoms with E-state index in [1.165, 1.54) is 0 Å². The number of hydrogen-bond donors (Lipinski definition) is 0. The van der Waals surface area contributed by atoms with Crippen molar-refractivity contribution in [2.75, 3.05) is 18.0 Å². The first-order valence-corrected chi connectivity index (χ1v) is 9.71. The van der Waals surface area contributed by atoms with Gasteiger partial charge in [0.2, 0.25) is 0 Å². The van der Waals surface area contributed by atoms with E-state index in [9.17, 15) is 5.26 Å². The lowest BCUT2D eigenvalue weighted by Crippen LogP contribution is -2.34. The number of anilines is 1. The van der Waals surface area contributed by atoms with Crippen LogP contribution < -0.4 is 4.90 Å². The van der Waals surface area contributed by atoms with Gasteiger partial charge in [0, 0.05) is 55.1 Å². The zero-order valence-corrected chi connectivity index (χ0v) is 16.6. The van der Waals surface area contributed by atoms with E-state index >= 15 is 0 Å². The maximum absolute atomic E-state index is 9.76. The van der Waals surface area contributed by atoms with Gasteiger partial charge in [0.1, 0.15) is 18.2 Å². The minimum absolute atomic E-state index is 0.390. The molecule has 2 aromatic heterocycles. The van der Waals surface area contributed by atoms with Crippen LogP contribution in [0.15, 0.2) is 43.0 Å². The fraction of sp³-hybridized carbons (Fsp3) is 0.304. The smallest absolute Gasteiger partial charge is 0.135 e. The highest BCUT2D eigenvalue weighted by atomic mass is 15.3. The van der Waals surface area contributed by atoms with Crippen LogP contribution >= 0.6 is 0 Å². The Morgan fingerprint density at radius 2 is 2.00 bits per heavy atom. The third-order valence-corrected chi connectivity index (χ3v) is 5.40. The molecule has 0 saturated carbocycles. The summed E-state index contributed by atoms with van der Waals surface area (Å²) >= 11 is 0. The van der Waals surface area contributed by atoms with Crippen molar-refractivity contribution in [1.82, 2.24) is 19.7 Å². The van der Waals surface area contributed by atoms with Crippen LogP contribution in [0.5, 0.6) is 0 Å². The number of nitriles is 1. The topological polar surface area (TPSA) is 70.6 Å². The van der Waals surface area contributed by atoms with Crippen LogP contribution in [0.25, 0.3) is 11.1 Å². The predicted octanol–water partition coefficient (Wildman–Crippen LogP) is 3.50. The summed E-state index contributed by atoms with van der Waals surface area (Å²) in [6.45, 7) is 3.55. The van der Waals surface area contributed by atoms with Gasteiger partial charge in [-0.25, -0.2) is 0 Å².